The number of anilines is 2. The molecule has 1 aromatic heterocycles. The van der Waals surface area contributed by atoms with Gasteiger partial charge in [0.2, 0.25) is 0 Å². The molecule has 2 aromatic carbocycles. The fourth-order valence-electron chi connectivity index (χ4n) is 6.67. The van der Waals surface area contributed by atoms with Crippen LogP contribution < -0.4 is 19.9 Å². The number of nitriles is 1. The minimum absolute atomic E-state index is 0.0747. The smallest absolute Gasteiger partial charge is 0.410 e. The third-order valence-corrected chi connectivity index (χ3v) is 11.2. The highest BCUT2D eigenvalue weighted by Crippen LogP contribution is 2.37. The molecule has 10 nitrogen and oxygen atoms in total. The number of piperazine rings is 1. The molecule has 0 saturated carbocycles. The summed E-state index contributed by atoms with van der Waals surface area (Å²) in [7, 11) is -1.30. The molecule has 46 heavy (non-hydrogen) atoms. The number of aromatic nitrogens is 2. The Morgan fingerprint density at radius 3 is 2.76 bits per heavy atom. The van der Waals surface area contributed by atoms with Gasteiger partial charge in [0.15, 0.2) is 0 Å². The highest BCUT2D eigenvalue weighted by Gasteiger charge is 2.33. The molecule has 6 rings (SSSR count). The highest BCUT2D eigenvalue weighted by molar-refractivity contribution is 6.76. The van der Waals surface area contributed by atoms with E-state index in [0.717, 1.165) is 83.5 Å². The number of amides is 1. The first-order valence-corrected chi connectivity index (χ1v) is 20.5. The lowest BCUT2D eigenvalue weighted by Crippen LogP contribution is -2.51. The summed E-state index contributed by atoms with van der Waals surface area (Å²) in [4.78, 5) is 29.3. The van der Waals surface area contributed by atoms with Gasteiger partial charge in [-0.1, -0.05) is 55.5 Å². The first-order valence-electron chi connectivity index (χ1n) is 16.4. The molecule has 0 spiro atoms. The van der Waals surface area contributed by atoms with Crippen molar-refractivity contribution in [2.24, 2.45) is 0 Å². The van der Waals surface area contributed by atoms with Crippen molar-refractivity contribution in [3.8, 4) is 12.1 Å². The van der Waals surface area contributed by atoms with Crippen molar-refractivity contribution < 1.29 is 14.3 Å². The molecule has 1 amide bonds. The van der Waals surface area contributed by atoms with Crippen LogP contribution in [-0.2, 0) is 17.7 Å². The van der Waals surface area contributed by atoms with Crippen LogP contribution in [0.3, 0.4) is 0 Å². The van der Waals surface area contributed by atoms with Gasteiger partial charge < -0.3 is 29.5 Å². The number of likely N-dealkylation sites (tertiary alicyclic amines) is 1. The Bertz CT molecular complexity index is 1600. The number of fused-ring (bicyclic) bond motifs is 2. The Morgan fingerprint density at radius 2 is 1.96 bits per heavy atom. The molecule has 12 heteroatoms. The summed E-state index contributed by atoms with van der Waals surface area (Å²) in [6.45, 7) is 11.9. The van der Waals surface area contributed by atoms with Gasteiger partial charge in [-0.25, -0.2) is 4.79 Å². The Hall–Kier alpha value is -3.59. The number of hydrogen-bond acceptors (Lipinski definition) is 9. The largest absolute Gasteiger partial charge is 0.461 e. The van der Waals surface area contributed by atoms with Gasteiger partial charge >= 0.3 is 12.1 Å². The second-order valence-corrected chi connectivity index (χ2v) is 19.8. The van der Waals surface area contributed by atoms with Crippen LogP contribution in [-0.4, -0.2) is 87.1 Å². The van der Waals surface area contributed by atoms with Gasteiger partial charge in [-0.05, 0) is 42.8 Å². The van der Waals surface area contributed by atoms with Crippen LogP contribution in [0.5, 0.6) is 6.01 Å². The van der Waals surface area contributed by atoms with Crippen LogP contribution in [0.2, 0.25) is 30.7 Å². The second kappa shape index (κ2) is 14.0. The van der Waals surface area contributed by atoms with Gasteiger partial charge in [0.25, 0.3) is 0 Å². The van der Waals surface area contributed by atoms with E-state index < -0.39 is 8.07 Å². The van der Waals surface area contributed by atoms with Gasteiger partial charge in [-0.3, -0.25) is 0 Å². The van der Waals surface area contributed by atoms with Crippen molar-refractivity contribution in [1.82, 2.24) is 20.2 Å². The monoisotopic (exact) mass is 661 g/mol. The van der Waals surface area contributed by atoms with Crippen LogP contribution in [0.25, 0.3) is 10.8 Å². The van der Waals surface area contributed by atoms with E-state index in [9.17, 15) is 10.1 Å². The number of halogens is 1. The molecule has 2 saturated heterocycles. The molecule has 4 heterocycles. The van der Waals surface area contributed by atoms with Crippen LogP contribution in [0.1, 0.15) is 30.5 Å². The highest BCUT2D eigenvalue weighted by atomic mass is 35.5. The lowest BCUT2D eigenvalue weighted by atomic mass is 10.0. The van der Waals surface area contributed by atoms with Crippen LogP contribution in [0.4, 0.5) is 16.3 Å². The third-order valence-electron chi connectivity index (χ3n) is 9.18. The molecule has 0 radical (unpaired) electrons. The number of rotatable bonds is 9. The zero-order valence-electron chi connectivity index (χ0n) is 27.1. The number of hydrogen-bond donors (Lipinski definition) is 1. The predicted molar refractivity (Wildman–Crippen MR) is 185 cm³/mol. The number of nitrogens with one attached hydrogen (secondary N) is 1. The number of carbonyl (C=O) groups is 1. The minimum Gasteiger partial charge on any atom is -0.461 e. The zero-order chi connectivity index (χ0) is 32.3. The maximum Gasteiger partial charge on any atom is 0.410 e. The molecule has 2 fully saturated rings. The molecule has 0 bridgehead atoms. The molecule has 244 valence electrons. The fraction of sp³-hybridized carbons (Fsp3) is 0.529. The van der Waals surface area contributed by atoms with Gasteiger partial charge in [0, 0.05) is 63.5 Å². The van der Waals surface area contributed by atoms with E-state index in [0.29, 0.717) is 45.3 Å². The molecule has 2 atom stereocenters. The van der Waals surface area contributed by atoms with Crippen LogP contribution in [0.15, 0.2) is 36.4 Å². The lowest BCUT2D eigenvalue weighted by molar-refractivity contribution is 0.0901. The van der Waals surface area contributed by atoms with Crippen molar-refractivity contribution in [1.29, 1.82) is 5.26 Å². The molecule has 0 unspecified atom stereocenters. The van der Waals surface area contributed by atoms with Crippen molar-refractivity contribution in [3.63, 3.8) is 0 Å². The van der Waals surface area contributed by atoms with Gasteiger partial charge in [0.05, 0.1) is 42.4 Å². The maximum atomic E-state index is 13.0. The van der Waals surface area contributed by atoms with Gasteiger partial charge in [-0.2, -0.15) is 15.2 Å². The summed E-state index contributed by atoms with van der Waals surface area (Å²) < 4.78 is 12.0. The summed E-state index contributed by atoms with van der Waals surface area (Å²) in [5.74, 6) is 0.883. The molecule has 0 aliphatic carbocycles. The molecule has 3 aliphatic rings. The number of carbonyl (C=O) groups excluding carboxylic acids is 1. The Morgan fingerprint density at radius 1 is 1.13 bits per heavy atom. The SMILES string of the molecule is C[Si](C)(C)CCOC(=O)N1CCC[C@H]1COc1nc2c(c(N3CCN[C@@H](CC#N)C3)n1)CCN(c1cccc3cccc(Cl)c13)C2. The molecule has 1 N–H and O–H groups in total. The predicted octanol–water partition coefficient (Wildman–Crippen LogP) is 5.86. The van der Waals surface area contributed by atoms with Crippen molar-refractivity contribution >= 4 is 48.0 Å². The van der Waals surface area contributed by atoms with E-state index in [1.807, 2.05) is 12.1 Å². The summed E-state index contributed by atoms with van der Waals surface area (Å²) in [6.07, 6.45) is 2.72. The number of benzene rings is 2. The Balaban J connectivity index is 1.25. The molecular weight excluding hydrogens is 618 g/mol. The Labute approximate surface area is 277 Å². The fourth-order valence-corrected chi connectivity index (χ4v) is 7.67. The number of ether oxygens (including phenoxy) is 2. The van der Waals surface area contributed by atoms with Crippen molar-refractivity contribution in [2.45, 2.75) is 70.0 Å². The average Bonchev–Trinajstić information content (AvgIpc) is 3.52. The molecular formula is C34H44ClN7O3Si. The first-order chi connectivity index (χ1) is 22.2. The van der Waals surface area contributed by atoms with Crippen LogP contribution >= 0.6 is 11.6 Å². The van der Waals surface area contributed by atoms with E-state index in [-0.39, 0.29) is 18.2 Å². The summed E-state index contributed by atoms with van der Waals surface area (Å²) >= 11 is 6.72. The minimum atomic E-state index is -1.30. The van der Waals surface area contributed by atoms with Gasteiger partial charge in [-0.15, -0.1) is 0 Å². The quantitative estimate of drug-likeness (QED) is 0.282. The third kappa shape index (κ3) is 7.35. The van der Waals surface area contributed by atoms with Crippen molar-refractivity contribution in [3.05, 3.63) is 52.7 Å². The summed E-state index contributed by atoms with van der Waals surface area (Å²) in [6, 6.07) is 15.9. The Kier molecular flexibility index (Phi) is 9.87. The van der Waals surface area contributed by atoms with E-state index in [1.165, 1.54) is 0 Å². The first kappa shape index (κ1) is 32.4. The maximum absolute atomic E-state index is 13.0. The van der Waals surface area contributed by atoms with E-state index in [4.69, 9.17) is 31.0 Å². The topological polar surface area (TPSA) is 107 Å². The van der Waals surface area contributed by atoms with Crippen LogP contribution in [0, 0.1) is 11.3 Å². The summed E-state index contributed by atoms with van der Waals surface area (Å²) in [5, 5.41) is 15.7. The van der Waals surface area contributed by atoms with Crippen molar-refractivity contribution in [2.75, 3.05) is 55.7 Å². The average molecular weight is 662 g/mol. The summed E-state index contributed by atoms with van der Waals surface area (Å²) in [5.41, 5.74) is 3.14. The standard InChI is InChI=1S/C34H44ClN7O3Si/c1-46(2,3)20-19-44-34(43)42-16-6-9-26(42)23-45-33-38-29-22-40(30-11-5-8-24-7-4-10-28(35)31(24)30)17-13-27(29)32(39-33)41-18-15-37-25(21-41)12-14-36/h4-5,7-8,10-11,25-26,37H,6,9,12-13,15-23H2,1-3H3/t25-,26-/m0/s1. The number of nitrogens with zero attached hydrogens (tertiary/aromatic N) is 6. The zero-order valence-corrected chi connectivity index (χ0v) is 28.9. The normalized spacial score (nSPS) is 20.0. The second-order valence-electron chi connectivity index (χ2n) is 13.7. The van der Waals surface area contributed by atoms with E-state index in [2.05, 4.69) is 65.1 Å². The van der Waals surface area contributed by atoms with Gasteiger partial charge in [0.1, 0.15) is 12.4 Å². The van der Waals surface area contributed by atoms with E-state index in [1.54, 1.807) is 4.90 Å². The van der Waals surface area contributed by atoms with E-state index >= 15 is 0 Å². The lowest BCUT2D eigenvalue weighted by Gasteiger charge is -2.37. The molecule has 3 aliphatic heterocycles. The molecule has 3 aromatic rings.